The van der Waals surface area contributed by atoms with Crippen LogP contribution in [0.3, 0.4) is 0 Å². The lowest BCUT2D eigenvalue weighted by Gasteiger charge is -2.34. The van der Waals surface area contributed by atoms with Gasteiger partial charge in [-0.2, -0.15) is 0 Å². The summed E-state index contributed by atoms with van der Waals surface area (Å²) in [7, 11) is 0. The molecule has 24 heavy (non-hydrogen) atoms. The molecule has 2 saturated carbocycles. The van der Waals surface area contributed by atoms with E-state index in [1.165, 1.54) is 80.4 Å². The van der Waals surface area contributed by atoms with Gasteiger partial charge in [0.15, 0.2) is 0 Å². The number of aryl methyl sites for hydroxylation is 1. The van der Waals surface area contributed by atoms with Crippen LogP contribution in [0.1, 0.15) is 71.6 Å². The molecular weight excluding hydrogens is 292 g/mol. The van der Waals surface area contributed by atoms with Crippen molar-refractivity contribution in [3.8, 4) is 0 Å². The van der Waals surface area contributed by atoms with Gasteiger partial charge in [0, 0.05) is 29.0 Å². The molecule has 1 atom stereocenters. The predicted molar refractivity (Wildman–Crippen MR) is 102 cm³/mol. The minimum Gasteiger partial charge on any atom is -0.352 e. The van der Waals surface area contributed by atoms with Crippen molar-refractivity contribution in [3.05, 3.63) is 41.2 Å². The molecule has 0 bridgehead atoms. The van der Waals surface area contributed by atoms with Gasteiger partial charge < -0.3 is 9.80 Å². The Morgan fingerprint density at radius 2 is 1.58 bits per heavy atom. The van der Waals surface area contributed by atoms with Crippen LogP contribution in [0.15, 0.2) is 35.7 Å². The molecular formula is C22H32N2. The summed E-state index contributed by atoms with van der Waals surface area (Å²) in [6, 6.07) is 9.15. The molecule has 0 amide bonds. The number of anilines is 1. The van der Waals surface area contributed by atoms with Crippen molar-refractivity contribution in [1.29, 1.82) is 0 Å². The summed E-state index contributed by atoms with van der Waals surface area (Å²) in [6.07, 6.45) is 11.9. The second kappa shape index (κ2) is 6.82. The minimum atomic E-state index is -0.291. The summed E-state index contributed by atoms with van der Waals surface area (Å²) in [6.45, 7) is 4.15. The van der Waals surface area contributed by atoms with Crippen molar-refractivity contribution >= 4 is 5.69 Å². The molecule has 2 nitrogen and oxygen atoms in total. The molecule has 2 heteroatoms. The molecule has 1 aromatic rings. The second-order valence-corrected chi connectivity index (χ2v) is 7.92. The van der Waals surface area contributed by atoms with E-state index in [1.54, 1.807) is 0 Å². The first kappa shape index (κ1) is 14.9. The van der Waals surface area contributed by atoms with E-state index in [9.17, 15) is 0 Å². The summed E-state index contributed by atoms with van der Waals surface area (Å²) in [5.41, 5.74) is 5.34. The summed E-state index contributed by atoms with van der Waals surface area (Å²) in [5, 5.41) is 0. The fourth-order valence-electron chi connectivity index (χ4n) is 5.02. The molecule has 2 fully saturated rings. The van der Waals surface area contributed by atoms with Gasteiger partial charge in [-0.15, -0.1) is 0 Å². The van der Waals surface area contributed by atoms with Gasteiger partial charge in [0.05, 0.1) is 8.02 Å². The zero-order valence-electron chi connectivity index (χ0n) is 16.3. The van der Waals surface area contributed by atoms with E-state index >= 15 is 0 Å². The SMILES string of the molecule is [2H]C1N(c2ccccc2C)C(C)=C(C2CCCCC2)N1C1CCCC1. The molecule has 0 saturated heterocycles. The Morgan fingerprint density at radius 1 is 0.917 bits per heavy atom. The highest BCUT2D eigenvalue weighted by atomic mass is 15.4. The van der Waals surface area contributed by atoms with Gasteiger partial charge in [-0.1, -0.05) is 50.3 Å². The monoisotopic (exact) mass is 325 g/mol. The van der Waals surface area contributed by atoms with Crippen LogP contribution in [0.4, 0.5) is 5.69 Å². The van der Waals surface area contributed by atoms with Gasteiger partial charge in [-0.3, -0.25) is 0 Å². The number of nitrogens with zero attached hydrogens (tertiary/aromatic N) is 2. The lowest BCUT2D eigenvalue weighted by molar-refractivity contribution is 0.229. The Bertz CT molecular complexity index is 641. The van der Waals surface area contributed by atoms with Crippen LogP contribution in [0.2, 0.25) is 0 Å². The first-order chi connectivity index (χ1) is 12.2. The van der Waals surface area contributed by atoms with Crippen molar-refractivity contribution < 1.29 is 1.37 Å². The van der Waals surface area contributed by atoms with Crippen LogP contribution in [0, 0.1) is 12.8 Å². The molecule has 2 aliphatic carbocycles. The smallest absolute Gasteiger partial charge is 0.0949 e. The fraction of sp³-hybridized carbons (Fsp3) is 0.636. The number of rotatable bonds is 3. The predicted octanol–water partition coefficient (Wildman–Crippen LogP) is 5.83. The van der Waals surface area contributed by atoms with Gasteiger partial charge >= 0.3 is 0 Å². The van der Waals surface area contributed by atoms with Gasteiger partial charge in [0.25, 0.3) is 0 Å². The third kappa shape index (κ3) is 2.85. The van der Waals surface area contributed by atoms with E-state index in [0.29, 0.717) is 12.0 Å². The molecule has 130 valence electrons. The number of hydrogen-bond donors (Lipinski definition) is 0. The Balaban J connectivity index is 1.75. The Labute approximate surface area is 148 Å². The normalized spacial score (nSPS) is 27.2. The lowest BCUT2D eigenvalue weighted by atomic mass is 9.85. The van der Waals surface area contributed by atoms with Crippen molar-refractivity contribution in [2.45, 2.75) is 77.7 Å². The van der Waals surface area contributed by atoms with Gasteiger partial charge in [-0.25, -0.2) is 0 Å². The second-order valence-electron chi connectivity index (χ2n) is 7.92. The molecule has 0 aromatic heterocycles. The van der Waals surface area contributed by atoms with E-state index in [1.807, 2.05) is 0 Å². The summed E-state index contributed by atoms with van der Waals surface area (Å²) >= 11 is 0. The largest absolute Gasteiger partial charge is 0.352 e. The standard InChI is InChI=1S/C22H32N2/c1-17-10-6-9-15-21(17)23-16-24(20-13-7-8-14-20)22(18(23)2)19-11-4-3-5-12-19/h6,9-10,15,19-20H,3-5,7-8,11-14,16H2,1-2H3/i16D. The van der Waals surface area contributed by atoms with Gasteiger partial charge in [0.1, 0.15) is 0 Å². The lowest BCUT2D eigenvalue weighted by Crippen LogP contribution is -2.36. The molecule has 0 radical (unpaired) electrons. The molecule has 0 spiro atoms. The summed E-state index contributed by atoms with van der Waals surface area (Å²) < 4.78 is 9.14. The molecule has 1 aliphatic heterocycles. The molecule has 1 aromatic carbocycles. The van der Waals surface area contributed by atoms with E-state index < -0.39 is 0 Å². The summed E-state index contributed by atoms with van der Waals surface area (Å²) in [4.78, 5) is 4.82. The van der Waals surface area contributed by atoms with Crippen LogP contribution in [0.25, 0.3) is 0 Å². The van der Waals surface area contributed by atoms with Crippen molar-refractivity contribution in [3.63, 3.8) is 0 Å². The Morgan fingerprint density at radius 3 is 2.29 bits per heavy atom. The van der Waals surface area contributed by atoms with Gasteiger partial charge in [0.2, 0.25) is 0 Å². The van der Waals surface area contributed by atoms with Crippen LogP contribution in [-0.2, 0) is 0 Å². The Hall–Kier alpha value is -1.44. The van der Waals surface area contributed by atoms with Crippen molar-refractivity contribution in [1.82, 2.24) is 4.90 Å². The topological polar surface area (TPSA) is 6.48 Å². The van der Waals surface area contributed by atoms with E-state index in [-0.39, 0.29) is 6.64 Å². The first-order valence-corrected chi connectivity index (χ1v) is 9.94. The molecule has 1 unspecified atom stereocenters. The fourth-order valence-corrected chi connectivity index (χ4v) is 5.02. The average Bonchev–Trinajstić information content (AvgIpc) is 3.23. The van der Waals surface area contributed by atoms with Crippen LogP contribution >= 0.6 is 0 Å². The number of hydrogen-bond acceptors (Lipinski definition) is 2. The zero-order chi connectivity index (χ0) is 17.4. The summed E-state index contributed by atoms with van der Waals surface area (Å²) in [5.74, 6) is 0.663. The van der Waals surface area contributed by atoms with E-state index in [0.717, 1.165) is 0 Å². The maximum absolute atomic E-state index is 9.14. The minimum absolute atomic E-state index is 0.291. The van der Waals surface area contributed by atoms with Crippen molar-refractivity contribution in [2.24, 2.45) is 5.92 Å². The third-order valence-corrected chi connectivity index (χ3v) is 6.34. The molecule has 0 N–H and O–H groups in total. The van der Waals surface area contributed by atoms with Crippen LogP contribution in [0.5, 0.6) is 0 Å². The highest BCUT2D eigenvalue weighted by Gasteiger charge is 2.37. The highest BCUT2D eigenvalue weighted by molar-refractivity contribution is 5.59. The van der Waals surface area contributed by atoms with Crippen LogP contribution < -0.4 is 4.90 Å². The molecule has 4 rings (SSSR count). The molecule has 3 aliphatic rings. The number of benzene rings is 1. The average molecular weight is 326 g/mol. The Kier molecular flexibility index (Phi) is 4.22. The number of allylic oxidation sites excluding steroid dienone is 2. The van der Waals surface area contributed by atoms with E-state index in [4.69, 9.17) is 1.37 Å². The maximum Gasteiger partial charge on any atom is 0.0949 e. The highest BCUT2D eigenvalue weighted by Crippen LogP contribution is 2.42. The third-order valence-electron chi connectivity index (χ3n) is 6.34. The van der Waals surface area contributed by atoms with Crippen molar-refractivity contribution in [2.75, 3.05) is 11.5 Å². The number of para-hydroxylation sites is 1. The van der Waals surface area contributed by atoms with E-state index in [2.05, 4.69) is 47.9 Å². The quantitative estimate of drug-likeness (QED) is 0.690. The molecule has 1 heterocycles. The van der Waals surface area contributed by atoms with Gasteiger partial charge in [-0.05, 0) is 51.2 Å². The first-order valence-electron chi connectivity index (χ1n) is 10.5. The maximum atomic E-state index is 9.14. The zero-order valence-corrected chi connectivity index (χ0v) is 15.3. The van der Waals surface area contributed by atoms with Crippen LogP contribution in [-0.4, -0.2) is 17.6 Å².